The van der Waals surface area contributed by atoms with Crippen LogP contribution >= 0.6 is 0 Å². The van der Waals surface area contributed by atoms with E-state index < -0.39 is 0 Å². The molecule has 5 heteroatoms. The van der Waals surface area contributed by atoms with Crippen molar-refractivity contribution in [2.24, 2.45) is 0 Å². The molecule has 0 saturated carbocycles. The van der Waals surface area contributed by atoms with Gasteiger partial charge < -0.3 is 15.4 Å². The number of carbonyl (C=O) groups excluding carboxylic acids is 1. The summed E-state index contributed by atoms with van der Waals surface area (Å²) in [7, 11) is 1.64. The van der Waals surface area contributed by atoms with E-state index in [1.54, 1.807) is 7.11 Å². The van der Waals surface area contributed by atoms with Crippen LogP contribution in [0.15, 0.2) is 54.6 Å². The Bertz CT molecular complexity index is 688. The van der Waals surface area contributed by atoms with E-state index >= 15 is 0 Å². The number of methoxy groups -OCH3 is 1. The molecule has 3 rings (SSSR count). The average molecular weight is 353 g/mol. The lowest BCUT2D eigenvalue weighted by Crippen LogP contribution is -2.50. The van der Waals surface area contributed by atoms with Crippen molar-refractivity contribution in [2.75, 3.05) is 20.2 Å². The number of benzene rings is 2. The van der Waals surface area contributed by atoms with Gasteiger partial charge in [-0.3, -0.25) is 4.90 Å². The smallest absolute Gasteiger partial charge is 0.315 e. The third-order valence-electron chi connectivity index (χ3n) is 4.70. The minimum Gasteiger partial charge on any atom is -0.497 e. The highest BCUT2D eigenvalue weighted by Crippen LogP contribution is 2.14. The Hall–Kier alpha value is -2.53. The topological polar surface area (TPSA) is 53.6 Å². The highest BCUT2D eigenvalue weighted by Gasteiger charge is 2.21. The van der Waals surface area contributed by atoms with Crippen LogP contribution in [0, 0.1) is 0 Å². The molecule has 1 fully saturated rings. The van der Waals surface area contributed by atoms with Crippen molar-refractivity contribution in [2.45, 2.75) is 32.0 Å². The fourth-order valence-electron chi connectivity index (χ4n) is 3.32. The quantitative estimate of drug-likeness (QED) is 0.839. The van der Waals surface area contributed by atoms with E-state index in [0.717, 1.165) is 43.8 Å². The highest BCUT2D eigenvalue weighted by molar-refractivity contribution is 5.74. The van der Waals surface area contributed by atoms with Crippen molar-refractivity contribution in [3.8, 4) is 5.75 Å². The van der Waals surface area contributed by atoms with Crippen molar-refractivity contribution in [1.82, 2.24) is 15.5 Å². The molecule has 1 aliphatic heterocycles. The number of amides is 2. The molecule has 2 aromatic carbocycles. The average Bonchev–Trinajstić information content (AvgIpc) is 2.68. The summed E-state index contributed by atoms with van der Waals surface area (Å²) in [6.07, 6.45) is 2.14. The number of hydrogen-bond acceptors (Lipinski definition) is 3. The first-order chi connectivity index (χ1) is 12.7. The first kappa shape index (κ1) is 18.3. The lowest BCUT2D eigenvalue weighted by atomic mass is 10.0. The highest BCUT2D eigenvalue weighted by atomic mass is 16.5. The van der Waals surface area contributed by atoms with Crippen LogP contribution in [0.25, 0.3) is 0 Å². The summed E-state index contributed by atoms with van der Waals surface area (Å²) in [6, 6.07) is 18.3. The van der Waals surface area contributed by atoms with E-state index in [4.69, 9.17) is 4.74 Å². The Kier molecular flexibility index (Phi) is 6.50. The third-order valence-corrected chi connectivity index (χ3v) is 4.70. The summed E-state index contributed by atoms with van der Waals surface area (Å²) in [4.78, 5) is 14.6. The molecule has 1 heterocycles. The summed E-state index contributed by atoms with van der Waals surface area (Å²) < 4.78 is 5.14. The van der Waals surface area contributed by atoms with E-state index in [-0.39, 0.29) is 12.1 Å². The van der Waals surface area contributed by atoms with Gasteiger partial charge in [0, 0.05) is 25.7 Å². The Labute approximate surface area is 155 Å². The lowest BCUT2D eigenvalue weighted by molar-refractivity contribution is 0.180. The summed E-state index contributed by atoms with van der Waals surface area (Å²) in [5, 5.41) is 6.05. The predicted octanol–water partition coefficient (Wildman–Crippen LogP) is 3.16. The Balaban J connectivity index is 1.43. The maximum atomic E-state index is 12.2. The van der Waals surface area contributed by atoms with Gasteiger partial charge in [0.25, 0.3) is 0 Å². The van der Waals surface area contributed by atoms with Gasteiger partial charge in [0.15, 0.2) is 0 Å². The minimum absolute atomic E-state index is 0.104. The molecule has 0 aromatic heterocycles. The molecule has 0 aliphatic carbocycles. The molecule has 0 bridgehead atoms. The molecule has 5 nitrogen and oxygen atoms in total. The van der Waals surface area contributed by atoms with E-state index in [1.165, 1.54) is 5.56 Å². The van der Waals surface area contributed by atoms with Gasteiger partial charge in [0.05, 0.1) is 7.11 Å². The number of ether oxygens (including phenoxy) is 1. The molecular weight excluding hydrogens is 326 g/mol. The van der Waals surface area contributed by atoms with E-state index in [1.807, 2.05) is 30.3 Å². The van der Waals surface area contributed by atoms with Crippen LogP contribution < -0.4 is 15.4 Å². The number of nitrogens with zero attached hydrogens (tertiary/aromatic N) is 1. The SMILES string of the molecule is COc1ccc(CNC(=O)NC2CCCN(Cc3ccccc3)C2)cc1. The van der Waals surface area contributed by atoms with Crippen LogP contribution in [0.5, 0.6) is 5.75 Å². The van der Waals surface area contributed by atoms with E-state index in [0.29, 0.717) is 6.54 Å². The van der Waals surface area contributed by atoms with Crippen molar-refractivity contribution >= 4 is 6.03 Å². The summed E-state index contributed by atoms with van der Waals surface area (Å²) in [5.41, 5.74) is 2.37. The number of rotatable bonds is 6. The molecule has 1 saturated heterocycles. The van der Waals surface area contributed by atoms with Gasteiger partial charge in [0.2, 0.25) is 0 Å². The molecule has 0 radical (unpaired) electrons. The Morgan fingerprint density at radius 2 is 1.88 bits per heavy atom. The molecule has 138 valence electrons. The normalized spacial score (nSPS) is 17.5. The van der Waals surface area contributed by atoms with Gasteiger partial charge >= 0.3 is 6.03 Å². The first-order valence-corrected chi connectivity index (χ1v) is 9.16. The first-order valence-electron chi connectivity index (χ1n) is 9.16. The van der Waals surface area contributed by atoms with Gasteiger partial charge in [-0.1, -0.05) is 42.5 Å². The molecule has 26 heavy (non-hydrogen) atoms. The molecule has 1 atom stereocenters. The fraction of sp³-hybridized carbons (Fsp3) is 0.381. The Morgan fingerprint density at radius 1 is 1.12 bits per heavy atom. The lowest BCUT2D eigenvalue weighted by Gasteiger charge is -2.33. The monoisotopic (exact) mass is 353 g/mol. The van der Waals surface area contributed by atoms with Crippen LogP contribution in [0.1, 0.15) is 24.0 Å². The number of hydrogen-bond donors (Lipinski definition) is 2. The largest absolute Gasteiger partial charge is 0.497 e. The zero-order chi connectivity index (χ0) is 18.2. The summed E-state index contributed by atoms with van der Waals surface area (Å²) in [5.74, 6) is 0.818. The van der Waals surface area contributed by atoms with Gasteiger partial charge in [-0.05, 0) is 42.6 Å². The zero-order valence-electron chi connectivity index (χ0n) is 15.3. The predicted molar refractivity (Wildman–Crippen MR) is 103 cm³/mol. The van der Waals surface area contributed by atoms with Crippen LogP contribution in [-0.4, -0.2) is 37.2 Å². The van der Waals surface area contributed by atoms with Crippen LogP contribution in [0.2, 0.25) is 0 Å². The maximum Gasteiger partial charge on any atom is 0.315 e. The minimum atomic E-state index is -0.104. The van der Waals surface area contributed by atoms with Crippen molar-refractivity contribution in [3.63, 3.8) is 0 Å². The van der Waals surface area contributed by atoms with Crippen LogP contribution in [-0.2, 0) is 13.1 Å². The van der Waals surface area contributed by atoms with E-state index in [2.05, 4.69) is 39.8 Å². The van der Waals surface area contributed by atoms with Gasteiger partial charge in [-0.15, -0.1) is 0 Å². The number of nitrogens with one attached hydrogen (secondary N) is 2. The molecule has 2 N–H and O–H groups in total. The molecule has 2 aromatic rings. The van der Waals surface area contributed by atoms with Crippen LogP contribution in [0.4, 0.5) is 4.79 Å². The summed E-state index contributed by atoms with van der Waals surface area (Å²) >= 11 is 0. The van der Waals surface area contributed by atoms with Crippen LogP contribution in [0.3, 0.4) is 0 Å². The third kappa shape index (κ3) is 5.49. The van der Waals surface area contributed by atoms with E-state index in [9.17, 15) is 4.79 Å². The van der Waals surface area contributed by atoms with Crippen molar-refractivity contribution in [1.29, 1.82) is 0 Å². The second-order valence-electron chi connectivity index (χ2n) is 6.73. The number of piperidine rings is 1. The van der Waals surface area contributed by atoms with Crippen molar-refractivity contribution < 1.29 is 9.53 Å². The second kappa shape index (κ2) is 9.25. The molecule has 0 spiro atoms. The number of likely N-dealkylation sites (tertiary alicyclic amines) is 1. The van der Waals surface area contributed by atoms with Gasteiger partial charge in [-0.25, -0.2) is 4.79 Å². The zero-order valence-corrected chi connectivity index (χ0v) is 15.3. The maximum absolute atomic E-state index is 12.2. The fourth-order valence-corrected chi connectivity index (χ4v) is 3.32. The molecule has 1 aliphatic rings. The van der Waals surface area contributed by atoms with Gasteiger partial charge in [0.1, 0.15) is 5.75 Å². The second-order valence-corrected chi connectivity index (χ2v) is 6.73. The standard InChI is InChI=1S/C21H27N3O2/c1-26-20-11-9-17(10-12-20)14-22-21(25)23-19-8-5-13-24(16-19)15-18-6-3-2-4-7-18/h2-4,6-7,9-12,19H,5,8,13-16H2,1H3,(H2,22,23,25). The summed E-state index contributed by atoms with van der Waals surface area (Å²) in [6.45, 7) is 3.42. The van der Waals surface area contributed by atoms with Crippen molar-refractivity contribution in [3.05, 3.63) is 65.7 Å². The molecule has 2 amide bonds. The molecule has 1 unspecified atom stereocenters. The number of carbonyl (C=O) groups is 1. The number of urea groups is 1. The molecular formula is C21H27N3O2. The van der Waals surface area contributed by atoms with Gasteiger partial charge in [-0.2, -0.15) is 0 Å². The Morgan fingerprint density at radius 3 is 2.62 bits per heavy atom.